The maximum Gasteiger partial charge on any atom is 0.307 e. The molecule has 2 rings (SSSR count). The second-order valence-electron chi connectivity index (χ2n) is 3.78. The van der Waals surface area contributed by atoms with E-state index in [-0.39, 0.29) is 5.97 Å². The summed E-state index contributed by atoms with van der Waals surface area (Å²) in [7, 11) is 0. The zero-order chi connectivity index (χ0) is 11.6. The van der Waals surface area contributed by atoms with E-state index in [1.54, 1.807) is 6.08 Å². The van der Waals surface area contributed by atoms with E-state index in [0.29, 0.717) is 0 Å². The van der Waals surface area contributed by atoms with Gasteiger partial charge in [-0.2, -0.15) is 10.2 Å². The third-order valence-electron chi connectivity index (χ3n) is 2.44. The number of carbonyl (C=O) groups is 1. The number of rotatable bonds is 2. The van der Waals surface area contributed by atoms with Gasteiger partial charge in [-0.15, -0.1) is 0 Å². The van der Waals surface area contributed by atoms with Gasteiger partial charge in [-0.3, -0.25) is 4.79 Å². The molecule has 0 saturated heterocycles. The summed E-state index contributed by atoms with van der Waals surface area (Å²) in [6, 6.07) is 7.73. The Bertz CT molecular complexity index is 480. The van der Waals surface area contributed by atoms with Crippen molar-refractivity contribution in [1.29, 1.82) is 0 Å². The quantitative estimate of drug-likeness (QED) is 0.563. The van der Waals surface area contributed by atoms with Crippen molar-refractivity contribution in [3.8, 4) is 0 Å². The summed E-state index contributed by atoms with van der Waals surface area (Å²) in [5.74, 6) is -0.344. The predicted octanol–water partition coefficient (Wildman–Crippen LogP) is 3.08. The Balaban J connectivity index is 2.25. The average Bonchev–Trinajstić information content (AvgIpc) is 2.57. The largest absolute Gasteiger partial charge is 0.435 e. The number of nitrogens with zero attached hydrogens (tertiary/aromatic N) is 2. The summed E-state index contributed by atoms with van der Waals surface area (Å²) >= 11 is 0. The smallest absolute Gasteiger partial charge is 0.307 e. The van der Waals surface area contributed by atoms with Gasteiger partial charge in [0, 0.05) is 12.5 Å². The lowest BCUT2D eigenvalue weighted by atomic mass is 9.93. The van der Waals surface area contributed by atoms with Gasteiger partial charge in [0.15, 0.2) is 0 Å². The Hall–Kier alpha value is -1.97. The van der Waals surface area contributed by atoms with Crippen LogP contribution in [0, 0.1) is 0 Å². The van der Waals surface area contributed by atoms with Gasteiger partial charge < -0.3 is 4.74 Å². The van der Waals surface area contributed by atoms with E-state index in [1.165, 1.54) is 13.2 Å². The highest BCUT2D eigenvalue weighted by Crippen LogP contribution is 2.40. The van der Waals surface area contributed by atoms with Crippen molar-refractivity contribution >= 4 is 11.7 Å². The first kappa shape index (κ1) is 10.5. The first-order valence-electron chi connectivity index (χ1n) is 4.99. The van der Waals surface area contributed by atoms with Crippen molar-refractivity contribution in [1.82, 2.24) is 0 Å². The van der Waals surface area contributed by atoms with Gasteiger partial charge in [0.05, 0.1) is 11.9 Å². The van der Waals surface area contributed by atoms with E-state index in [0.717, 1.165) is 11.3 Å². The molecule has 0 fully saturated rings. The van der Waals surface area contributed by atoms with Crippen LogP contribution < -0.4 is 0 Å². The van der Waals surface area contributed by atoms with E-state index < -0.39 is 5.54 Å². The standard InChI is InChI=1S/C12H12N2O2/c1-9(15)16-8-7-12(2)10-5-3-4-6-11(10)13-14-12/h3-8H,1-2H3/b8-7+. The molecule has 0 bridgehead atoms. The van der Waals surface area contributed by atoms with Crippen molar-refractivity contribution in [2.75, 3.05) is 0 Å². The van der Waals surface area contributed by atoms with E-state index in [9.17, 15) is 4.79 Å². The van der Waals surface area contributed by atoms with Gasteiger partial charge in [0.25, 0.3) is 0 Å². The van der Waals surface area contributed by atoms with Gasteiger partial charge in [0.2, 0.25) is 0 Å². The molecule has 1 heterocycles. The average molecular weight is 216 g/mol. The molecule has 4 heteroatoms. The molecule has 82 valence electrons. The molecule has 0 saturated carbocycles. The first-order chi connectivity index (χ1) is 7.62. The van der Waals surface area contributed by atoms with Crippen molar-refractivity contribution in [3.05, 3.63) is 42.2 Å². The molecule has 0 N–H and O–H groups in total. The highest BCUT2D eigenvalue weighted by Gasteiger charge is 2.30. The summed E-state index contributed by atoms with van der Waals surface area (Å²) < 4.78 is 4.76. The van der Waals surface area contributed by atoms with E-state index in [1.807, 2.05) is 31.2 Å². The fourth-order valence-electron chi connectivity index (χ4n) is 1.59. The molecule has 0 aliphatic carbocycles. The summed E-state index contributed by atoms with van der Waals surface area (Å²) in [6.45, 7) is 3.28. The van der Waals surface area contributed by atoms with Gasteiger partial charge in [-0.1, -0.05) is 18.2 Å². The summed E-state index contributed by atoms with van der Waals surface area (Å²) in [6.07, 6.45) is 3.09. The minimum absolute atomic E-state index is 0.344. The number of esters is 1. The van der Waals surface area contributed by atoms with E-state index in [4.69, 9.17) is 4.74 Å². The monoisotopic (exact) mass is 216 g/mol. The van der Waals surface area contributed by atoms with Gasteiger partial charge >= 0.3 is 5.97 Å². The van der Waals surface area contributed by atoms with Crippen LogP contribution in [0.25, 0.3) is 0 Å². The van der Waals surface area contributed by atoms with Crippen LogP contribution in [0.4, 0.5) is 5.69 Å². The Morgan fingerprint density at radius 2 is 2.19 bits per heavy atom. The molecule has 4 nitrogen and oxygen atoms in total. The lowest BCUT2D eigenvalue weighted by molar-refractivity contribution is -0.135. The van der Waals surface area contributed by atoms with Crippen LogP contribution in [0.1, 0.15) is 19.4 Å². The highest BCUT2D eigenvalue weighted by molar-refractivity contribution is 5.66. The second kappa shape index (κ2) is 3.89. The van der Waals surface area contributed by atoms with Gasteiger partial charge in [-0.25, -0.2) is 0 Å². The fraction of sp³-hybridized carbons (Fsp3) is 0.250. The Morgan fingerprint density at radius 1 is 1.44 bits per heavy atom. The molecule has 0 amide bonds. The maximum atomic E-state index is 10.6. The summed E-state index contributed by atoms with van der Waals surface area (Å²) in [5.41, 5.74) is 1.34. The second-order valence-corrected chi connectivity index (χ2v) is 3.78. The van der Waals surface area contributed by atoms with E-state index in [2.05, 4.69) is 10.2 Å². The molecular formula is C12H12N2O2. The SMILES string of the molecule is CC(=O)O/C=C/C1(C)N=Nc2ccccc21. The molecule has 1 aromatic rings. The molecule has 1 aliphatic rings. The van der Waals surface area contributed by atoms with Crippen LogP contribution in [0.3, 0.4) is 0 Å². The normalized spacial score (nSPS) is 22.4. The Labute approximate surface area is 93.6 Å². The van der Waals surface area contributed by atoms with Crippen LogP contribution in [-0.2, 0) is 15.1 Å². The third-order valence-corrected chi connectivity index (χ3v) is 2.44. The van der Waals surface area contributed by atoms with Crippen LogP contribution in [0.15, 0.2) is 46.8 Å². The Morgan fingerprint density at radius 3 is 2.94 bits per heavy atom. The number of ether oxygens (including phenoxy) is 1. The summed E-state index contributed by atoms with van der Waals surface area (Å²) in [4.78, 5) is 10.6. The number of carbonyl (C=O) groups excluding carboxylic acids is 1. The van der Waals surface area contributed by atoms with Gasteiger partial charge in [-0.05, 0) is 19.1 Å². The lowest BCUT2D eigenvalue weighted by Gasteiger charge is -2.14. The number of hydrogen-bond donors (Lipinski definition) is 0. The minimum atomic E-state index is -0.536. The number of hydrogen-bond acceptors (Lipinski definition) is 4. The summed E-state index contributed by atoms with van der Waals surface area (Å²) in [5, 5.41) is 8.26. The molecule has 1 aromatic carbocycles. The van der Waals surface area contributed by atoms with Crippen molar-refractivity contribution in [3.63, 3.8) is 0 Å². The van der Waals surface area contributed by atoms with Crippen LogP contribution in [-0.4, -0.2) is 5.97 Å². The molecule has 1 unspecified atom stereocenters. The maximum absolute atomic E-state index is 10.6. The predicted molar refractivity (Wildman–Crippen MR) is 59.2 cm³/mol. The van der Waals surface area contributed by atoms with Crippen LogP contribution >= 0.6 is 0 Å². The molecule has 16 heavy (non-hydrogen) atoms. The zero-order valence-corrected chi connectivity index (χ0v) is 9.18. The van der Waals surface area contributed by atoms with Crippen LogP contribution in [0.5, 0.6) is 0 Å². The van der Waals surface area contributed by atoms with Crippen molar-refractivity contribution in [2.24, 2.45) is 10.2 Å². The number of azo groups is 1. The molecule has 1 aliphatic heterocycles. The topological polar surface area (TPSA) is 51.0 Å². The molecule has 1 atom stereocenters. The van der Waals surface area contributed by atoms with E-state index >= 15 is 0 Å². The highest BCUT2D eigenvalue weighted by atomic mass is 16.5. The first-order valence-corrected chi connectivity index (χ1v) is 4.99. The van der Waals surface area contributed by atoms with Crippen molar-refractivity contribution in [2.45, 2.75) is 19.4 Å². The number of fused-ring (bicyclic) bond motifs is 1. The Kier molecular flexibility index (Phi) is 2.56. The number of benzene rings is 1. The minimum Gasteiger partial charge on any atom is -0.435 e. The molecule has 0 spiro atoms. The molecule has 0 aromatic heterocycles. The molecular weight excluding hydrogens is 204 g/mol. The van der Waals surface area contributed by atoms with Crippen molar-refractivity contribution < 1.29 is 9.53 Å². The fourth-order valence-corrected chi connectivity index (χ4v) is 1.59. The lowest BCUT2D eigenvalue weighted by Crippen LogP contribution is -2.12. The van der Waals surface area contributed by atoms with Crippen LogP contribution in [0.2, 0.25) is 0 Å². The van der Waals surface area contributed by atoms with Gasteiger partial charge in [0.1, 0.15) is 5.54 Å². The zero-order valence-electron chi connectivity index (χ0n) is 9.18. The third kappa shape index (κ3) is 1.86. The molecule has 0 radical (unpaired) electrons.